The second-order valence-corrected chi connectivity index (χ2v) is 4.35. The van der Waals surface area contributed by atoms with E-state index in [9.17, 15) is 9.90 Å². The third kappa shape index (κ3) is 2.91. The van der Waals surface area contributed by atoms with Crippen molar-refractivity contribution in [1.29, 1.82) is 0 Å². The zero-order valence-electron chi connectivity index (χ0n) is 11.5. The molecule has 4 heteroatoms. The number of rotatable bonds is 4. The molecule has 0 aliphatic heterocycles. The van der Waals surface area contributed by atoms with Crippen molar-refractivity contribution in [2.45, 2.75) is 13.3 Å². The molecule has 2 aromatic rings. The van der Waals surface area contributed by atoms with Crippen LogP contribution in [0.2, 0.25) is 0 Å². The molecule has 0 spiro atoms. The fourth-order valence-corrected chi connectivity index (χ4v) is 1.96. The van der Waals surface area contributed by atoms with Crippen molar-refractivity contribution in [1.82, 2.24) is 0 Å². The SMILES string of the molecule is CCc1ccccc1NC(=O)c1cc(OC)ccc1O. The standard InChI is InChI=1S/C16H17NO3/c1-3-11-6-4-5-7-14(11)17-16(19)13-10-12(20-2)8-9-15(13)18/h4-10,18H,3H2,1-2H3,(H,17,19). The minimum atomic E-state index is -0.359. The lowest BCUT2D eigenvalue weighted by molar-refractivity contribution is 0.102. The monoisotopic (exact) mass is 271 g/mol. The lowest BCUT2D eigenvalue weighted by atomic mass is 10.1. The molecule has 0 saturated carbocycles. The average molecular weight is 271 g/mol. The number of aryl methyl sites for hydroxylation is 1. The first-order valence-electron chi connectivity index (χ1n) is 6.42. The molecule has 0 saturated heterocycles. The summed E-state index contributed by atoms with van der Waals surface area (Å²) in [6, 6.07) is 12.2. The van der Waals surface area contributed by atoms with Crippen LogP contribution in [0, 0.1) is 0 Å². The number of carbonyl (C=O) groups is 1. The zero-order chi connectivity index (χ0) is 14.5. The van der Waals surface area contributed by atoms with E-state index in [1.165, 1.54) is 19.2 Å². The van der Waals surface area contributed by atoms with Gasteiger partial charge in [0.05, 0.1) is 12.7 Å². The van der Waals surface area contributed by atoms with Gasteiger partial charge in [0.2, 0.25) is 0 Å². The summed E-state index contributed by atoms with van der Waals surface area (Å²) in [7, 11) is 1.51. The van der Waals surface area contributed by atoms with Crippen LogP contribution < -0.4 is 10.1 Å². The molecule has 1 amide bonds. The number of phenolic OH excluding ortho intramolecular Hbond substituents is 1. The van der Waals surface area contributed by atoms with E-state index in [1.54, 1.807) is 6.07 Å². The molecular formula is C16H17NO3. The quantitative estimate of drug-likeness (QED) is 0.897. The second-order valence-electron chi connectivity index (χ2n) is 4.35. The average Bonchev–Trinajstić information content (AvgIpc) is 2.48. The topological polar surface area (TPSA) is 58.6 Å². The van der Waals surface area contributed by atoms with Gasteiger partial charge in [-0.1, -0.05) is 25.1 Å². The molecule has 0 aromatic heterocycles. The summed E-state index contributed by atoms with van der Waals surface area (Å²) >= 11 is 0. The van der Waals surface area contributed by atoms with Gasteiger partial charge in [0.25, 0.3) is 5.91 Å². The van der Waals surface area contributed by atoms with Crippen LogP contribution >= 0.6 is 0 Å². The van der Waals surface area contributed by atoms with Gasteiger partial charge >= 0.3 is 0 Å². The first-order chi connectivity index (χ1) is 9.65. The summed E-state index contributed by atoms with van der Waals surface area (Å²) in [5, 5.41) is 12.6. The molecule has 0 atom stereocenters. The van der Waals surface area contributed by atoms with Crippen molar-refractivity contribution in [3.8, 4) is 11.5 Å². The van der Waals surface area contributed by atoms with Crippen LogP contribution in [0.3, 0.4) is 0 Å². The van der Waals surface area contributed by atoms with Crippen LogP contribution in [0.4, 0.5) is 5.69 Å². The van der Waals surface area contributed by atoms with Crippen molar-refractivity contribution in [2.75, 3.05) is 12.4 Å². The van der Waals surface area contributed by atoms with Crippen LogP contribution in [-0.4, -0.2) is 18.1 Å². The molecule has 0 fully saturated rings. The van der Waals surface area contributed by atoms with Crippen molar-refractivity contribution >= 4 is 11.6 Å². The van der Waals surface area contributed by atoms with E-state index >= 15 is 0 Å². The highest BCUT2D eigenvalue weighted by Gasteiger charge is 2.13. The van der Waals surface area contributed by atoms with Crippen molar-refractivity contribution in [2.24, 2.45) is 0 Å². The number of amides is 1. The maximum absolute atomic E-state index is 12.2. The summed E-state index contributed by atoms with van der Waals surface area (Å²) in [6.07, 6.45) is 0.820. The van der Waals surface area contributed by atoms with Crippen LogP contribution in [0.15, 0.2) is 42.5 Å². The van der Waals surface area contributed by atoms with Gasteiger partial charge in [-0.25, -0.2) is 0 Å². The zero-order valence-corrected chi connectivity index (χ0v) is 11.5. The molecule has 0 radical (unpaired) electrons. The van der Waals surface area contributed by atoms with Crippen molar-refractivity contribution in [3.63, 3.8) is 0 Å². The molecule has 0 aliphatic carbocycles. The minimum absolute atomic E-state index is 0.0720. The number of benzene rings is 2. The van der Waals surface area contributed by atoms with E-state index in [0.29, 0.717) is 5.75 Å². The van der Waals surface area contributed by atoms with Gasteiger partial charge in [-0.05, 0) is 36.2 Å². The lowest BCUT2D eigenvalue weighted by Crippen LogP contribution is -2.13. The molecule has 0 unspecified atom stereocenters. The minimum Gasteiger partial charge on any atom is -0.507 e. The molecule has 0 aliphatic rings. The second kappa shape index (κ2) is 6.10. The number of methoxy groups -OCH3 is 1. The summed E-state index contributed by atoms with van der Waals surface area (Å²) in [5.41, 5.74) is 1.99. The molecule has 20 heavy (non-hydrogen) atoms. The number of carbonyl (C=O) groups excluding carboxylic acids is 1. The van der Waals surface area contributed by atoms with E-state index in [2.05, 4.69) is 5.32 Å². The Kier molecular flexibility index (Phi) is 4.25. The number of hydrogen-bond acceptors (Lipinski definition) is 3. The Morgan fingerprint density at radius 3 is 2.70 bits per heavy atom. The number of anilines is 1. The van der Waals surface area contributed by atoms with Crippen molar-refractivity contribution in [3.05, 3.63) is 53.6 Å². The van der Waals surface area contributed by atoms with Gasteiger partial charge in [-0.2, -0.15) is 0 Å². The van der Waals surface area contributed by atoms with E-state index in [0.717, 1.165) is 17.7 Å². The maximum Gasteiger partial charge on any atom is 0.259 e. The third-order valence-corrected chi connectivity index (χ3v) is 3.09. The normalized spacial score (nSPS) is 10.1. The fraction of sp³-hybridized carbons (Fsp3) is 0.188. The van der Waals surface area contributed by atoms with Gasteiger partial charge in [0.1, 0.15) is 11.5 Å². The van der Waals surface area contributed by atoms with E-state index in [4.69, 9.17) is 4.74 Å². The fourth-order valence-electron chi connectivity index (χ4n) is 1.96. The van der Waals surface area contributed by atoms with Gasteiger partial charge in [-0.15, -0.1) is 0 Å². The number of aromatic hydroxyl groups is 1. The van der Waals surface area contributed by atoms with Gasteiger partial charge in [-0.3, -0.25) is 4.79 Å². The number of para-hydroxylation sites is 1. The Bertz CT molecular complexity index is 623. The highest BCUT2D eigenvalue weighted by Crippen LogP contribution is 2.24. The highest BCUT2D eigenvalue weighted by molar-refractivity contribution is 6.06. The lowest BCUT2D eigenvalue weighted by Gasteiger charge is -2.11. The first-order valence-corrected chi connectivity index (χ1v) is 6.42. The van der Waals surface area contributed by atoms with Gasteiger partial charge < -0.3 is 15.2 Å². The number of ether oxygens (including phenoxy) is 1. The molecule has 2 rings (SSSR count). The number of hydrogen-bond donors (Lipinski definition) is 2. The highest BCUT2D eigenvalue weighted by atomic mass is 16.5. The molecular weight excluding hydrogens is 254 g/mol. The molecule has 2 N–H and O–H groups in total. The van der Waals surface area contributed by atoms with Crippen LogP contribution in [0.1, 0.15) is 22.8 Å². The largest absolute Gasteiger partial charge is 0.507 e. The Morgan fingerprint density at radius 1 is 1.25 bits per heavy atom. The first kappa shape index (κ1) is 13.9. The Hall–Kier alpha value is -2.49. The Balaban J connectivity index is 2.28. The smallest absolute Gasteiger partial charge is 0.259 e. The molecule has 104 valence electrons. The summed E-state index contributed by atoms with van der Waals surface area (Å²) in [5.74, 6) is 0.0938. The molecule has 2 aromatic carbocycles. The number of phenols is 1. The van der Waals surface area contributed by atoms with Crippen LogP contribution in [0.5, 0.6) is 11.5 Å². The predicted octanol–water partition coefficient (Wildman–Crippen LogP) is 3.22. The maximum atomic E-state index is 12.2. The van der Waals surface area contributed by atoms with Gasteiger partial charge in [0.15, 0.2) is 0 Å². The van der Waals surface area contributed by atoms with Crippen LogP contribution in [-0.2, 0) is 6.42 Å². The molecule has 0 bridgehead atoms. The van der Waals surface area contributed by atoms with Crippen molar-refractivity contribution < 1.29 is 14.6 Å². The van der Waals surface area contributed by atoms with E-state index < -0.39 is 0 Å². The third-order valence-electron chi connectivity index (χ3n) is 3.09. The molecule has 0 heterocycles. The molecule has 4 nitrogen and oxygen atoms in total. The van der Waals surface area contributed by atoms with E-state index in [-0.39, 0.29) is 17.2 Å². The Labute approximate surface area is 118 Å². The van der Waals surface area contributed by atoms with Crippen LogP contribution in [0.25, 0.3) is 0 Å². The summed E-state index contributed by atoms with van der Waals surface area (Å²) < 4.78 is 5.06. The summed E-state index contributed by atoms with van der Waals surface area (Å²) in [6.45, 7) is 2.02. The summed E-state index contributed by atoms with van der Waals surface area (Å²) in [4.78, 5) is 12.2. The van der Waals surface area contributed by atoms with E-state index in [1.807, 2.05) is 31.2 Å². The Morgan fingerprint density at radius 2 is 2.00 bits per heavy atom. The number of nitrogens with one attached hydrogen (secondary N) is 1. The predicted molar refractivity (Wildman–Crippen MR) is 78.4 cm³/mol. The van der Waals surface area contributed by atoms with Gasteiger partial charge in [0, 0.05) is 5.69 Å².